The van der Waals surface area contributed by atoms with E-state index >= 15 is 19.2 Å². The number of piperidine rings is 1. The largest absolute Gasteiger partial charge is 0.391 e. The van der Waals surface area contributed by atoms with Crippen LogP contribution in [0.15, 0.2) is 54.6 Å². The van der Waals surface area contributed by atoms with Gasteiger partial charge in [-0.15, -0.1) is 0 Å². The Balaban J connectivity index is 1.93. The van der Waals surface area contributed by atoms with Crippen molar-refractivity contribution < 1.29 is 62.6 Å². The van der Waals surface area contributed by atoms with Gasteiger partial charge in [0.25, 0.3) is 0 Å². The van der Waals surface area contributed by atoms with Crippen molar-refractivity contribution in [3.05, 3.63) is 70.7 Å². The Morgan fingerprint density at radius 3 is 1.61 bits per heavy atom. The van der Waals surface area contributed by atoms with Gasteiger partial charge in [-0.2, -0.15) is 0 Å². The molecule has 2 aromatic carbocycles. The van der Waals surface area contributed by atoms with Crippen molar-refractivity contribution in [2.45, 2.75) is 214 Å². The predicted octanol–water partition coefficient (Wildman–Crippen LogP) is 3.80. The molecule has 0 radical (unpaired) electrons. The number of halogens is 1. The third-order valence-corrected chi connectivity index (χ3v) is 18.5. The lowest BCUT2D eigenvalue weighted by atomic mass is 9.96. The van der Waals surface area contributed by atoms with E-state index in [0.717, 1.165) is 26.7 Å². The highest BCUT2D eigenvalue weighted by atomic mass is 35.5. The zero-order chi connectivity index (χ0) is 73.0. The lowest BCUT2D eigenvalue weighted by Gasteiger charge is -2.38. The molecule has 2 heterocycles. The summed E-state index contributed by atoms with van der Waals surface area (Å²) in [7, 11) is 8.29. The highest BCUT2D eigenvalue weighted by Gasteiger charge is 2.43. The number of likely N-dealkylation sites (N-methyl/N-ethyl adjacent to an activating group) is 6. The third-order valence-electron chi connectivity index (χ3n) is 18.3. The second kappa shape index (κ2) is 37.9. The summed E-state index contributed by atoms with van der Waals surface area (Å²) >= 11 is 6.36. The van der Waals surface area contributed by atoms with Crippen molar-refractivity contribution in [1.82, 2.24) is 60.9 Å². The molecule has 0 aliphatic carbocycles. The SMILES string of the molecule is CC(C)C[C@@H]1NC(=O)[C@H](CC(C)C)N(C)C(=O)CN(C)C(=O)[C@H]([C@@H](C)O)NC(=O)[C@H](CC(C)C)N(C)C(=O)[C@H](CCc2cccc(Cl)c2)NC(=O)[C@H](C)N(C)C(=O)[C@@H](C(C)C)NC(=O)C[C@@H](C(=O)N2CCCCC2)NC(=O)[C@H](C(C)C)N(C)C(=O)[C@H](Cc2ccccc2)N(C)C1=O. The number of rotatable bonds is 15. The number of nitrogens with one attached hydrogen (secondary N) is 5. The van der Waals surface area contributed by atoms with Gasteiger partial charge in [0.2, 0.25) is 70.9 Å². The fourth-order valence-corrected chi connectivity index (χ4v) is 12.6. The summed E-state index contributed by atoms with van der Waals surface area (Å²) in [6.45, 7) is 20.6. The van der Waals surface area contributed by atoms with E-state index in [-0.39, 0.29) is 56.3 Å². The maximum atomic E-state index is 15.4. The first-order valence-corrected chi connectivity index (χ1v) is 34.6. The molecule has 4 rings (SSSR count). The van der Waals surface area contributed by atoms with Gasteiger partial charge in [0.05, 0.1) is 19.1 Å². The van der Waals surface area contributed by atoms with E-state index in [4.69, 9.17) is 11.6 Å². The first kappa shape index (κ1) is 81.8. The minimum Gasteiger partial charge on any atom is -0.391 e. The number of hydrogen-bond donors (Lipinski definition) is 6. The maximum Gasteiger partial charge on any atom is 0.248 e. The zero-order valence-electron chi connectivity index (χ0n) is 60.5. The molecule has 2 aromatic rings. The molecule has 26 heteroatoms. The van der Waals surface area contributed by atoms with Gasteiger partial charge in [-0.05, 0) is 118 Å². The summed E-state index contributed by atoms with van der Waals surface area (Å²) < 4.78 is 0. The van der Waals surface area contributed by atoms with Gasteiger partial charge in [0.1, 0.15) is 60.4 Å². The highest BCUT2D eigenvalue weighted by Crippen LogP contribution is 2.23. The minimum atomic E-state index is -1.66. The van der Waals surface area contributed by atoms with Gasteiger partial charge >= 0.3 is 0 Å². The molecule has 12 amide bonds. The first-order chi connectivity index (χ1) is 45.4. The molecular weight excluding hydrogens is 1260 g/mol. The Bertz CT molecular complexity index is 3050. The van der Waals surface area contributed by atoms with Gasteiger partial charge in [-0.3, -0.25) is 57.5 Å². The van der Waals surface area contributed by atoms with E-state index in [1.165, 1.54) is 70.8 Å². The number of aliphatic hydroxyl groups excluding tert-OH is 1. The van der Waals surface area contributed by atoms with Crippen LogP contribution >= 0.6 is 11.6 Å². The second-order valence-corrected chi connectivity index (χ2v) is 28.9. The molecule has 0 saturated carbocycles. The van der Waals surface area contributed by atoms with Crippen LogP contribution in [0.2, 0.25) is 5.02 Å². The smallest absolute Gasteiger partial charge is 0.248 e. The molecule has 0 aromatic heterocycles. The van der Waals surface area contributed by atoms with Gasteiger partial charge in [0, 0.05) is 66.8 Å². The van der Waals surface area contributed by atoms with Crippen LogP contribution in [-0.4, -0.2) is 239 Å². The number of aryl methyl sites for hydroxylation is 1. The lowest BCUT2D eigenvalue weighted by Crippen LogP contribution is -2.62. The Kier molecular flexibility index (Phi) is 31.9. The Hall–Kier alpha value is -7.67. The maximum absolute atomic E-state index is 15.4. The molecule has 97 heavy (non-hydrogen) atoms. The number of aliphatic hydroxyl groups is 1. The topological polar surface area (TPSA) is 308 Å². The number of hydrogen-bond acceptors (Lipinski definition) is 13. The molecule has 0 spiro atoms. The van der Waals surface area contributed by atoms with Crippen LogP contribution in [0, 0.1) is 29.6 Å². The molecule has 2 fully saturated rings. The Morgan fingerprint density at radius 1 is 0.526 bits per heavy atom. The summed E-state index contributed by atoms with van der Waals surface area (Å²) in [6.07, 6.45) is 0.412. The molecule has 25 nitrogen and oxygen atoms in total. The molecule has 0 unspecified atom stereocenters. The highest BCUT2D eigenvalue weighted by molar-refractivity contribution is 6.30. The molecule has 540 valence electrons. The van der Waals surface area contributed by atoms with Crippen molar-refractivity contribution in [2.75, 3.05) is 61.9 Å². The average molecular weight is 1380 g/mol. The third kappa shape index (κ3) is 23.5. The fraction of sp³-hybridized carbons (Fsp3) is 0.662. The van der Waals surface area contributed by atoms with E-state index in [2.05, 4.69) is 26.6 Å². The van der Waals surface area contributed by atoms with E-state index in [9.17, 15) is 43.5 Å². The van der Waals surface area contributed by atoms with E-state index < -0.39 is 162 Å². The van der Waals surface area contributed by atoms with Crippen LogP contribution in [0.4, 0.5) is 0 Å². The van der Waals surface area contributed by atoms with Crippen molar-refractivity contribution in [1.29, 1.82) is 0 Å². The minimum absolute atomic E-state index is 0.0246. The standard InChI is InChI=1S/C71H111ClN12O13/c1-41(2)34-52-67(93)82(17)56(38-48-26-21-19-22-27-48)69(95)83(18)61(45(9)10)65(91)75-53(68(94)84-32-23-20-24-33-84)39-57(86)76-59(44(7)8)71(97)79(14)46(11)62(88)73-51(31-30-49-28-25-29-50(72)37-49)66(92)81(16)55(36-43(5)6)64(90)77-60(47(12)85)70(96)78(13)40-58(87)80(15)54(35-42(3)4)63(89)74-52/h19,21-22,25-29,37,41-47,51-56,59-61,85H,20,23-24,30-36,38-40H2,1-18H3,(H,73,88)(H,74,89)(H,75,91)(H,76,86)(H,77,90)/t46-,47+,51-,52-,53-,54-,55-,56-,59+,60-,61-/m0/s1. The van der Waals surface area contributed by atoms with Gasteiger partial charge in [0.15, 0.2) is 0 Å². The van der Waals surface area contributed by atoms with Crippen LogP contribution in [0.5, 0.6) is 0 Å². The van der Waals surface area contributed by atoms with E-state index in [1.807, 2.05) is 41.5 Å². The molecule has 2 aliphatic heterocycles. The molecule has 2 saturated heterocycles. The molecule has 11 atom stereocenters. The van der Waals surface area contributed by atoms with Crippen molar-refractivity contribution in [2.24, 2.45) is 29.6 Å². The predicted molar refractivity (Wildman–Crippen MR) is 370 cm³/mol. The van der Waals surface area contributed by atoms with Crippen LogP contribution in [0.1, 0.15) is 146 Å². The zero-order valence-corrected chi connectivity index (χ0v) is 61.2. The number of benzene rings is 2. The van der Waals surface area contributed by atoms with Crippen LogP contribution < -0.4 is 26.6 Å². The van der Waals surface area contributed by atoms with Crippen molar-refractivity contribution in [3.63, 3.8) is 0 Å². The molecule has 6 N–H and O–H groups in total. The summed E-state index contributed by atoms with van der Waals surface area (Å²) in [4.78, 5) is 186. The van der Waals surface area contributed by atoms with Crippen LogP contribution in [-0.2, 0) is 70.4 Å². The number of amides is 12. The Labute approximate surface area is 579 Å². The fourth-order valence-electron chi connectivity index (χ4n) is 12.4. The normalized spacial score (nSPS) is 25.4. The quantitative estimate of drug-likeness (QED) is 0.148. The number of carbonyl (C=O) groups excluding carboxylic acids is 12. The number of likely N-dealkylation sites (tertiary alicyclic amines) is 1. The molecule has 0 bridgehead atoms. The van der Waals surface area contributed by atoms with Gasteiger partial charge < -0.3 is 66.0 Å². The summed E-state index contributed by atoms with van der Waals surface area (Å²) in [5, 5.41) is 25.6. The van der Waals surface area contributed by atoms with Crippen molar-refractivity contribution >= 4 is 82.5 Å². The summed E-state index contributed by atoms with van der Waals surface area (Å²) in [5.74, 6) is -10.6. The lowest BCUT2D eigenvalue weighted by molar-refractivity contribution is -0.151. The van der Waals surface area contributed by atoms with Crippen LogP contribution in [0.25, 0.3) is 0 Å². The Morgan fingerprint density at radius 2 is 1.06 bits per heavy atom. The number of nitrogens with zero attached hydrogens (tertiary/aromatic N) is 7. The van der Waals surface area contributed by atoms with Crippen LogP contribution in [0.3, 0.4) is 0 Å². The van der Waals surface area contributed by atoms with Gasteiger partial charge in [-0.1, -0.05) is 123 Å². The average Bonchev–Trinajstić information content (AvgIpc) is 0.835. The summed E-state index contributed by atoms with van der Waals surface area (Å²) in [6, 6.07) is 2.40. The van der Waals surface area contributed by atoms with Gasteiger partial charge in [-0.25, -0.2) is 0 Å². The monoisotopic (exact) mass is 1370 g/mol. The first-order valence-electron chi connectivity index (χ1n) is 34.2. The molecular formula is C71H111ClN12O13. The molecule has 2 aliphatic rings. The number of carbonyl (C=O) groups is 12. The van der Waals surface area contributed by atoms with E-state index in [0.29, 0.717) is 36.5 Å². The van der Waals surface area contributed by atoms with E-state index in [1.54, 1.807) is 87.2 Å². The second-order valence-electron chi connectivity index (χ2n) is 28.4. The summed E-state index contributed by atoms with van der Waals surface area (Å²) in [5.41, 5.74) is 1.38. The van der Waals surface area contributed by atoms with Crippen molar-refractivity contribution in [3.8, 4) is 0 Å².